The molecule has 1 nitrogen and oxygen atoms in total. The molecule has 0 spiro atoms. The zero-order valence-electron chi connectivity index (χ0n) is 10.6. The second kappa shape index (κ2) is 4.98. The molecule has 2 aromatic rings. The lowest BCUT2D eigenvalue weighted by molar-refractivity contribution is 0.670. The highest BCUT2D eigenvalue weighted by molar-refractivity contribution is 8.01. The van der Waals surface area contributed by atoms with E-state index >= 15 is 0 Å². The van der Waals surface area contributed by atoms with Gasteiger partial charge in [-0.2, -0.15) is 0 Å². The van der Waals surface area contributed by atoms with Crippen LogP contribution in [0.3, 0.4) is 0 Å². The van der Waals surface area contributed by atoms with Crippen molar-refractivity contribution >= 4 is 28.8 Å². The van der Waals surface area contributed by atoms with Crippen molar-refractivity contribution in [3.63, 3.8) is 0 Å². The van der Waals surface area contributed by atoms with Crippen LogP contribution in [0, 0.1) is 6.92 Å². The lowest BCUT2D eigenvalue weighted by Gasteiger charge is -2.28. The third-order valence-electron chi connectivity index (χ3n) is 3.30. The van der Waals surface area contributed by atoms with Crippen molar-refractivity contribution in [2.24, 2.45) is 0 Å². The SMILES string of the molecule is Cc1ccc(NC2C[C@H](C)Sc3sccc32)cc1. The van der Waals surface area contributed by atoms with Gasteiger partial charge in [0.1, 0.15) is 0 Å². The molecular weight excluding hydrogens is 258 g/mol. The summed E-state index contributed by atoms with van der Waals surface area (Å²) in [5, 5.41) is 6.58. The Bertz CT molecular complexity index is 530. The zero-order valence-corrected chi connectivity index (χ0v) is 12.3. The van der Waals surface area contributed by atoms with Crippen molar-refractivity contribution in [1.82, 2.24) is 0 Å². The van der Waals surface area contributed by atoms with Gasteiger partial charge >= 0.3 is 0 Å². The smallest absolute Gasteiger partial charge is 0.0653 e. The minimum atomic E-state index is 0.463. The van der Waals surface area contributed by atoms with Crippen LogP contribution in [0.15, 0.2) is 39.9 Å². The molecule has 1 aliphatic rings. The predicted octanol–water partition coefficient (Wildman–Crippen LogP) is 5.09. The van der Waals surface area contributed by atoms with Gasteiger partial charge in [-0.15, -0.1) is 23.1 Å². The first-order valence-electron chi connectivity index (χ1n) is 6.29. The summed E-state index contributed by atoms with van der Waals surface area (Å²) in [4.78, 5) is 0. The Kier molecular flexibility index (Phi) is 3.35. The minimum Gasteiger partial charge on any atom is -0.378 e. The molecule has 1 unspecified atom stereocenters. The molecule has 18 heavy (non-hydrogen) atoms. The van der Waals surface area contributed by atoms with Crippen molar-refractivity contribution < 1.29 is 0 Å². The third kappa shape index (κ3) is 2.43. The maximum absolute atomic E-state index is 3.67. The second-order valence-electron chi connectivity index (χ2n) is 4.89. The molecule has 2 atom stereocenters. The van der Waals surface area contributed by atoms with Gasteiger partial charge in [0.25, 0.3) is 0 Å². The predicted molar refractivity (Wildman–Crippen MR) is 81.8 cm³/mol. The largest absolute Gasteiger partial charge is 0.378 e. The normalized spacial score (nSPS) is 22.6. The Balaban J connectivity index is 1.83. The monoisotopic (exact) mass is 275 g/mol. The van der Waals surface area contributed by atoms with Crippen molar-refractivity contribution in [1.29, 1.82) is 0 Å². The third-order valence-corrected chi connectivity index (χ3v) is 5.65. The number of aryl methyl sites for hydroxylation is 1. The molecule has 1 N–H and O–H groups in total. The van der Waals surface area contributed by atoms with E-state index in [4.69, 9.17) is 0 Å². The number of hydrogen-bond donors (Lipinski definition) is 1. The van der Waals surface area contributed by atoms with Gasteiger partial charge in [0, 0.05) is 10.9 Å². The van der Waals surface area contributed by atoms with E-state index in [1.165, 1.54) is 27.4 Å². The van der Waals surface area contributed by atoms with Crippen molar-refractivity contribution in [2.45, 2.75) is 35.8 Å². The molecular formula is C15H17NS2. The summed E-state index contributed by atoms with van der Waals surface area (Å²) >= 11 is 3.88. The Hall–Kier alpha value is -0.930. The van der Waals surface area contributed by atoms with Gasteiger partial charge in [-0.1, -0.05) is 24.6 Å². The van der Waals surface area contributed by atoms with Crippen LogP contribution in [0.5, 0.6) is 0 Å². The molecule has 0 bridgehead atoms. The molecule has 94 valence electrons. The molecule has 3 rings (SSSR count). The summed E-state index contributed by atoms with van der Waals surface area (Å²) in [5.41, 5.74) is 4.01. The average molecular weight is 275 g/mol. The van der Waals surface area contributed by atoms with E-state index in [1.807, 2.05) is 23.1 Å². The summed E-state index contributed by atoms with van der Waals surface area (Å²) in [7, 11) is 0. The molecule has 2 heterocycles. The van der Waals surface area contributed by atoms with E-state index in [1.54, 1.807) is 0 Å². The van der Waals surface area contributed by atoms with E-state index < -0.39 is 0 Å². The van der Waals surface area contributed by atoms with E-state index in [2.05, 4.69) is 54.9 Å². The van der Waals surface area contributed by atoms with Crippen LogP contribution >= 0.6 is 23.1 Å². The van der Waals surface area contributed by atoms with Crippen LogP contribution in [-0.4, -0.2) is 5.25 Å². The standard InChI is InChI=1S/C15H17NS2/c1-10-3-5-12(6-4-10)16-14-9-11(2)18-15-13(14)7-8-17-15/h3-8,11,14,16H,9H2,1-2H3/t11-,14?/m0/s1. The molecule has 3 heteroatoms. The summed E-state index contributed by atoms with van der Waals surface area (Å²) in [6.07, 6.45) is 1.20. The van der Waals surface area contributed by atoms with Gasteiger partial charge < -0.3 is 5.32 Å². The summed E-state index contributed by atoms with van der Waals surface area (Å²) < 4.78 is 1.48. The van der Waals surface area contributed by atoms with E-state index in [0.717, 1.165) is 0 Å². The van der Waals surface area contributed by atoms with E-state index in [0.29, 0.717) is 11.3 Å². The summed E-state index contributed by atoms with van der Waals surface area (Å²) in [5.74, 6) is 0. The first-order chi connectivity index (χ1) is 8.72. The second-order valence-corrected chi connectivity index (χ2v) is 7.51. The molecule has 1 aliphatic heterocycles. The lowest BCUT2D eigenvalue weighted by Crippen LogP contribution is -2.18. The van der Waals surface area contributed by atoms with Gasteiger partial charge in [0.2, 0.25) is 0 Å². The van der Waals surface area contributed by atoms with Crippen LogP contribution < -0.4 is 5.32 Å². The quantitative estimate of drug-likeness (QED) is 0.819. The number of hydrogen-bond acceptors (Lipinski definition) is 3. The Labute approximate surface area is 117 Å². The average Bonchev–Trinajstić information content (AvgIpc) is 2.80. The number of thiophene rings is 1. The minimum absolute atomic E-state index is 0.463. The zero-order chi connectivity index (χ0) is 12.5. The van der Waals surface area contributed by atoms with Gasteiger partial charge in [-0.3, -0.25) is 0 Å². The Morgan fingerprint density at radius 2 is 1.94 bits per heavy atom. The van der Waals surface area contributed by atoms with Crippen LogP contribution in [0.2, 0.25) is 0 Å². The molecule has 0 saturated carbocycles. The fourth-order valence-corrected chi connectivity index (χ4v) is 4.90. The van der Waals surface area contributed by atoms with Gasteiger partial charge in [-0.25, -0.2) is 0 Å². The van der Waals surface area contributed by atoms with Crippen LogP contribution in [0.25, 0.3) is 0 Å². The first kappa shape index (κ1) is 12.1. The molecule has 0 aliphatic carbocycles. The van der Waals surface area contributed by atoms with Crippen molar-refractivity contribution in [3.05, 3.63) is 46.8 Å². The Morgan fingerprint density at radius 1 is 1.17 bits per heavy atom. The summed E-state index contributed by atoms with van der Waals surface area (Å²) in [6.45, 7) is 4.44. The van der Waals surface area contributed by atoms with Crippen LogP contribution in [0.4, 0.5) is 5.69 Å². The number of nitrogens with one attached hydrogen (secondary N) is 1. The number of fused-ring (bicyclic) bond motifs is 1. The fourth-order valence-electron chi connectivity index (χ4n) is 2.34. The highest BCUT2D eigenvalue weighted by atomic mass is 32.2. The first-order valence-corrected chi connectivity index (χ1v) is 8.05. The van der Waals surface area contributed by atoms with Gasteiger partial charge in [0.05, 0.1) is 10.3 Å². The molecule has 0 radical (unpaired) electrons. The molecule has 1 aromatic carbocycles. The maximum atomic E-state index is 3.67. The van der Waals surface area contributed by atoms with Gasteiger partial charge in [-0.05, 0) is 42.5 Å². The maximum Gasteiger partial charge on any atom is 0.0653 e. The fraction of sp³-hybridized carbons (Fsp3) is 0.333. The number of benzene rings is 1. The summed E-state index contributed by atoms with van der Waals surface area (Å²) in [6, 6.07) is 11.4. The topological polar surface area (TPSA) is 12.0 Å². The van der Waals surface area contributed by atoms with E-state index in [-0.39, 0.29) is 0 Å². The molecule has 0 amide bonds. The molecule has 0 fully saturated rings. The van der Waals surface area contributed by atoms with Gasteiger partial charge in [0.15, 0.2) is 0 Å². The number of rotatable bonds is 2. The van der Waals surface area contributed by atoms with Crippen LogP contribution in [0.1, 0.15) is 30.5 Å². The Morgan fingerprint density at radius 3 is 2.72 bits per heavy atom. The van der Waals surface area contributed by atoms with Crippen LogP contribution in [-0.2, 0) is 0 Å². The van der Waals surface area contributed by atoms with Crippen molar-refractivity contribution in [3.8, 4) is 0 Å². The number of anilines is 1. The lowest BCUT2D eigenvalue weighted by atomic mass is 10.0. The molecule has 0 saturated heterocycles. The molecule has 1 aromatic heterocycles. The van der Waals surface area contributed by atoms with E-state index in [9.17, 15) is 0 Å². The van der Waals surface area contributed by atoms with Crippen molar-refractivity contribution in [2.75, 3.05) is 5.32 Å². The highest BCUT2D eigenvalue weighted by Gasteiger charge is 2.25. The number of thioether (sulfide) groups is 1. The highest BCUT2D eigenvalue weighted by Crippen LogP contribution is 2.44.